The molecule has 0 atom stereocenters. The maximum absolute atomic E-state index is 12.6. The van der Waals surface area contributed by atoms with E-state index in [9.17, 15) is 9.59 Å². The summed E-state index contributed by atoms with van der Waals surface area (Å²) in [6.07, 6.45) is 0.257. The van der Waals surface area contributed by atoms with Gasteiger partial charge >= 0.3 is 6.09 Å². The first-order valence-electron chi connectivity index (χ1n) is 13.3. The number of pyridine rings is 1. The largest absolute Gasteiger partial charge is 0.488 e. The van der Waals surface area contributed by atoms with Gasteiger partial charge in [-0.2, -0.15) is 0 Å². The third kappa shape index (κ3) is 8.06. The zero-order valence-electron chi connectivity index (χ0n) is 24.4. The van der Waals surface area contributed by atoms with Gasteiger partial charge in [-0.25, -0.2) is 4.79 Å². The van der Waals surface area contributed by atoms with Gasteiger partial charge in [0.1, 0.15) is 18.0 Å². The molecule has 0 unspecified atom stereocenters. The Hall–Kier alpha value is -3.87. The fraction of sp³-hybridized carbons (Fsp3) is 0.406. The maximum atomic E-state index is 12.6. The topological polar surface area (TPSA) is 104 Å². The lowest BCUT2D eigenvalue weighted by Gasteiger charge is -2.24. The van der Waals surface area contributed by atoms with Crippen molar-refractivity contribution >= 4 is 12.0 Å². The number of nitrogens with two attached hydrogens (primary N) is 1. The number of aryl methyl sites for hydroxylation is 3. The molecule has 1 aromatic heterocycles. The van der Waals surface area contributed by atoms with Gasteiger partial charge in [0.25, 0.3) is 5.91 Å². The molecule has 1 heterocycles. The van der Waals surface area contributed by atoms with Gasteiger partial charge in [-0.05, 0) is 77.1 Å². The van der Waals surface area contributed by atoms with Crippen LogP contribution in [0.2, 0.25) is 0 Å². The summed E-state index contributed by atoms with van der Waals surface area (Å²) in [5.74, 6) is 0.231. The molecule has 7 heteroatoms. The molecule has 39 heavy (non-hydrogen) atoms. The molecule has 0 aliphatic carbocycles. The van der Waals surface area contributed by atoms with Gasteiger partial charge in [0.05, 0.1) is 5.56 Å². The summed E-state index contributed by atoms with van der Waals surface area (Å²) in [4.78, 5) is 29.7. The molecular weight excluding hydrogens is 490 g/mol. The van der Waals surface area contributed by atoms with Gasteiger partial charge in [-0.1, -0.05) is 55.3 Å². The second-order valence-electron chi connectivity index (χ2n) is 11.4. The Kier molecular flexibility index (Phi) is 9.38. The van der Waals surface area contributed by atoms with E-state index in [4.69, 9.17) is 20.2 Å². The van der Waals surface area contributed by atoms with E-state index < -0.39 is 17.6 Å². The van der Waals surface area contributed by atoms with Crippen LogP contribution in [0.1, 0.15) is 78.6 Å². The number of nitrogens with zero attached hydrogens (tertiary/aromatic N) is 1. The van der Waals surface area contributed by atoms with Crippen molar-refractivity contribution < 1.29 is 19.1 Å². The van der Waals surface area contributed by atoms with Crippen molar-refractivity contribution in [2.24, 2.45) is 11.7 Å². The van der Waals surface area contributed by atoms with Crippen molar-refractivity contribution in [3.63, 3.8) is 0 Å². The summed E-state index contributed by atoms with van der Waals surface area (Å²) in [5, 5.41) is 2.94. The Morgan fingerprint density at radius 1 is 0.974 bits per heavy atom. The van der Waals surface area contributed by atoms with E-state index in [1.165, 1.54) is 0 Å². The number of carbonyl (C=O) groups is 2. The van der Waals surface area contributed by atoms with Crippen molar-refractivity contribution in [3.8, 4) is 16.9 Å². The highest BCUT2D eigenvalue weighted by atomic mass is 16.6. The predicted molar refractivity (Wildman–Crippen MR) is 155 cm³/mol. The smallest absolute Gasteiger partial charge is 0.407 e. The van der Waals surface area contributed by atoms with E-state index in [1.807, 2.05) is 47.6 Å². The van der Waals surface area contributed by atoms with Crippen molar-refractivity contribution in [3.05, 3.63) is 81.7 Å². The number of hydrogen-bond donors (Lipinski definition) is 2. The van der Waals surface area contributed by atoms with Crippen molar-refractivity contribution in [2.75, 3.05) is 0 Å². The second-order valence-corrected chi connectivity index (χ2v) is 11.4. The highest BCUT2D eigenvalue weighted by Gasteiger charge is 2.23. The quantitative estimate of drug-likeness (QED) is 0.325. The Morgan fingerprint density at radius 2 is 1.62 bits per heavy atom. The van der Waals surface area contributed by atoms with Gasteiger partial charge in [0.15, 0.2) is 0 Å². The van der Waals surface area contributed by atoms with Gasteiger partial charge in [0, 0.05) is 29.1 Å². The molecule has 0 radical (unpaired) electrons. The Labute approximate surface area is 232 Å². The summed E-state index contributed by atoms with van der Waals surface area (Å²) in [7, 11) is 0. The van der Waals surface area contributed by atoms with E-state index in [0.29, 0.717) is 17.2 Å². The molecule has 0 aliphatic heterocycles. The number of carbonyl (C=O) groups excluding carboxylic acids is 2. The summed E-state index contributed by atoms with van der Waals surface area (Å²) >= 11 is 0. The first kappa shape index (κ1) is 29.7. The molecule has 0 saturated heterocycles. The average molecular weight is 532 g/mol. The summed E-state index contributed by atoms with van der Waals surface area (Å²) in [6.45, 7) is 16.1. The van der Waals surface area contributed by atoms with E-state index in [1.54, 1.807) is 12.1 Å². The first-order valence-corrected chi connectivity index (χ1v) is 13.3. The van der Waals surface area contributed by atoms with Gasteiger partial charge in [0.2, 0.25) is 0 Å². The molecule has 0 aliphatic rings. The minimum absolute atomic E-state index is 0.173. The van der Waals surface area contributed by atoms with E-state index >= 15 is 0 Å². The number of primary amides is 1. The van der Waals surface area contributed by atoms with Crippen LogP contribution in [0, 0.1) is 26.7 Å². The SMILES string of the molecule is Cc1ccc(-c2c(COc3ccc(C)cc3C(N)=O)c(C)nc(CC(C)C)c2CNC(=O)OC(C)(C)C)cc1. The molecule has 0 fully saturated rings. The number of amides is 2. The Balaban J connectivity index is 2.14. The monoisotopic (exact) mass is 531 g/mol. The zero-order valence-corrected chi connectivity index (χ0v) is 24.4. The van der Waals surface area contributed by atoms with Crippen LogP contribution in [0.25, 0.3) is 11.1 Å². The highest BCUT2D eigenvalue weighted by molar-refractivity contribution is 5.95. The Bertz CT molecular complexity index is 1340. The molecule has 2 aromatic carbocycles. The van der Waals surface area contributed by atoms with Crippen LogP contribution >= 0.6 is 0 Å². The normalized spacial score (nSPS) is 11.4. The lowest BCUT2D eigenvalue weighted by atomic mass is 9.90. The highest BCUT2D eigenvalue weighted by Crippen LogP contribution is 2.34. The fourth-order valence-corrected chi connectivity index (χ4v) is 4.42. The predicted octanol–water partition coefficient (Wildman–Crippen LogP) is 6.57. The number of nitrogens with one attached hydrogen (secondary N) is 1. The van der Waals surface area contributed by atoms with Crippen LogP contribution in [0.5, 0.6) is 5.75 Å². The lowest BCUT2D eigenvalue weighted by Crippen LogP contribution is -2.32. The van der Waals surface area contributed by atoms with Crippen LogP contribution < -0.4 is 15.8 Å². The molecule has 208 valence electrons. The number of ether oxygens (including phenoxy) is 2. The fourth-order valence-electron chi connectivity index (χ4n) is 4.42. The van der Waals surface area contributed by atoms with E-state index in [0.717, 1.165) is 51.2 Å². The minimum Gasteiger partial charge on any atom is -0.488 e. The molecular formula is C32H41N3O4. The van der Waals surface area contributed by atoms with Crippen LogP contribution in [0.3, 0.4) is 0 Å². The van der Waals surface area contributed by atoms with Crippen molar-refractivity contribution in [2.45, 2.75) is 80.6 Å². The lowest BCUT2D eigenvalue weighted by molar-refractivity contribution is 0.0523. The number of hydrogen-bond acceptors (Lipinski definition) is 5. The van der Waals surface area contributed by atoms with Crippen LogP contribution in [0.4, 0.5) is 4.79 Å². The molecule has 7 nitrogen and oxygen atoms in total. The van der Waals surface area contributed by atoms with Crippen molar-refractivity contribution in [1.82, 2.24) is 10.3 Å². The minimum atomic E-state index is -0.610. The molecule has 0 spiro atoms. The number of alkyl carbamates (subject to hydrolysis) is 1. The number of aromatic nitrogens is 1. The van der Waals surface area contributed by atoms with Crippen LogP contribution in [0.15, 0.2) is 42.5 Å². The number of rotatable bonds is 9. The average Bonchev–Trinajstić information content (AvgIpc) is 2.82. The third-order valence-corrected chi connectivity index (χ3v) is 6.21. The molecule has 0 bridgehead atoms. The van der Waals surface area contributed by atoms with Crippen LogP contribution in [-0.2, 0) is 24.3 Å². The summed E-state index contributed by atoms with van der Waals surface area (Å²) < 4.78 is 11.7. The zero-order chi connectivity index (χ0) is 28.9. The molecule has 0 saturated carbocycles. The molecule has 3 rings (SSSR count). The third-order valence-electron chi connectivity index (χ3n) is 6.21. The molecule has 2 amide bonds. The Morgan fingerprint density at radius 3 is 2.21 bits per heavy atom. The molecule has 3 N–H and O–H groups in total. The maximum Gasteiger partial charge on any atom is 0.407 e. The van der Waals surface area contributed by atoms with Gasteiger partial charge in [-0.15, -0.1) is 0 Å². The summed E-state index contributed by atoms with van der Waals surface area (Å²) in [6, 6.07) is 13.7. The summed E-state index contributed by atoms with van der Waals surface area (Å²) in [5.41, 5.74) is 12.9. The van der Waals surface area contributed by atoms with Gasteiger partial charge in [-0.3, -0.25) is 9.78 Å². The van der Waals surface area contributed by atoms with E-state index in [2.05, 4.69) is 43.4 Å². The standard InChI is InChI=1S/C32H41N3O4/c1-19(2)15-27-25(17-34-31(37)39-32(6,7)8)29(23-12-9-20(3)10-13-23)26(22(5)35-27)18-38-28-14-11-21(4)16-24(28)30(33)36/h9-14,16,19H,15,17-18H2,1-8H3,(H2,33,36)(H,34,37). The van der Waals surface area contributed by atoms with Gasteiger partial charge < -0.3 is 20.5 Å². The van der Waals surface area contributed by atoms with Crippen LogP contribution in [-0.4, -0.2) is 22.6 Å². The van der Waals surface area contributed by atoms with E-state index in [-0.39, 0.29) is 13.2 Å². The van der Waals surface area contributed by atoms with Crippen molar-refractivity contribution in [1.29, 1.82) is 0 Å². The first-order chi connectivity index (χ1) is 18.2. The molecule has 3 aromatic rings. The second kappa shape index (κ2) is 12.3. The number of benzene rings is 2.